The summed E-state index contributed by atoms with van der Waals surface area (Å²) in [6, 6.07) is 6.38. The molecular formula is C11H8OS. The molecular weight excluding hydrogens is 180 g/mol. The molecule has 0 bridgehead atoms. The van der Waals surface area contributed by atoms with Crippen LogP contribution in [-0.4, -0.2) is 6.61 Å². The second-order valence-corrected chi connectivity index (χ2v) is 3.95. The molecule has 0 aliphatic carbocycles. The van der Waals surface area contributed by atoms with Crippen molar-refractivity contribution in [3.8, 4) is 5.75 Å². The van der Waals surface area contributed by atoms with E-state index in [0.29, 0.717) is 6.61 Å². The first-order valence-electron chi connectivity index (χ1n) is 4.25. The van der Waals surface area contributed by atoms with Crippen LogP contribution >= 0.6 is 11.3 Å². The fourth-order valence-electron chi connectivity index (χ4n) is 1.61. The lowest BCUT2D eigenvalue weighted by Gasteiger charge is -2.12. The quantitative estimate of drug-likeness (QED) is 0.616. The van der Waals surface area contributed by atoms with Crippen molar-refractivity contribution < 1.29 is 4.74 Å². The number of thiophene rings is 1. The van der Waals surface area contributed by atoms with Gasteiger partial charge in [-0.05, 0) is 22.9 Å². The van der Waals surface area contributed by atoms with Crippen LogP contribution in [0, 0.1) is 0 Å². The van der Waals surface area contributed by atoms with Gasteiger partial charge in [0.25, 0.3) is 0 Å². The normalized spacial score (nSPS) is 14.2. The van der Waals surface area contributed by atoms with Crippen LogP contribution < -0.4 is 4.74 Å². The Labute approximate surface area is 80.3 Å². The highest BCUT2D eigenvalue weighted by Crippen LogP contribution is 2.36. The Bertz CT molecular complexity index is 482. The predicted molar refractivity (Wildman–Crippen MR) is 56.4 cm³/mol. The summed E-state index contributed by atoms with van der Waals surface area (Å²) >= 11 is 1.74. The summed E-state index contributed by atoms with van der Waals surface area (Å²) in [4.78, 5) is 0. The van der Waals surface area contributed by atoms with Crippen LogP contribution in [0.2, 0.25) is 0 Å². The molecule has 0 spiro atoms. The minimum atomic E-state index is 0.698. The molecule has 1 aliphatic heterocycles. The number of ether oxygens (including phenoxy) is 1. The fourth-order valence-corrected chi connectivity index (χ4v) is 2.51. The monoisotopic (exact) mass is 188 g/mol. The molecule has 0 N–H and O–H groups in total. The predicted octanol–water partition coefficient (Wildman–Crippen LogP) is 3.31. The summed E-state index contributed by atoms with van der Waals surface area (Å²) in [6.07, 6.45) is 4.17. The summed E-state index contributed by atoms with van der Waals surface area (Å²) in [5.74, 6) is 1.05. The van der Waals surface area contributed by atoms with E-state index in [1.165, 1.54) is 15.6 Å². The van der Waals surface area contributed by atoms with Crippen LogP contribution in [0.1, 0.15) is 5.56 Å². The molecule has 2 heterocycles. The Balaban J connectivity index is 2.42. The minimum absolute atomic E-state index is 0.698. The number of benzene rings is 1. The topological polar surface area (TPSA) is 9.23 Å². The molecule has 1 aliphatic rings. The van der Waals surface area contributed by atoms with Crippen molar-refractivity contribution in [2.75, 3.05) is 6.61 Å². The van der Waals surface area contributed by atoms with Gasteiger partial charge < -0.3 is 4.74 Å². The Hall–Kier alpha value is -1.28. The summed E-state index contributed by atoms with van der Waals surface area (Å²) < 4.78 is 6.88. The lowest BCUT2D eigenvalue weighted by Crippen LogP contribution is -1.99. The molecule has 2 aromatic rings. The van der Waals surface area contributed by atoms with Crippen LogP contribution in [0.15, 0.2) is 29.7 Å². The molecule has 0 atom stereocenters. The number of hydrogen-bond acceptors (Lipinski definition) is 2. The van der Waals surface area contributed by atoms with Gasteiger partial charge in [-0.25, -0.2) is 0 Å². The first-order valence-corrected chi connectivity index (χ1v) is 5.13. The largest absolute Gasteiger partial charge is 0.487 e. The molecule has 3 rings (SSSR count). The van der Waals surface area contributed by atoms with Crippen LogP contribution in [0.4, 0.5) is 0 Å². The lowest BCUT2D eigenvalue weighted by molar-refractivity contribution is 0.363. The van der Waals surface area contributed by atoms with Crippen molar-refractivity contribution in [3.63, 3.8) is 0 Å². The van der Waals surface area contributed by atoms with E-state index in [2.05, 4.69) is 29.7 Å². The van der Waals surface area contributed by atoms with E-state index in [0.717, 1.165) is 5.75 Å². The summed E-state index contributed by atoms with van der Waals surface area (Å²) in [7, 11) is 0. The van der Waals surface area contributed by atoms with Gasteiger partial charge in [0.05, 0.1) is 4.70 Å². The molecule has 0 amide bonds. The van der Waals surface area contributed by atoms with Gasteiger partial charge in [-0.1, -0.05) is 18.2 Å². The highest BCUT2D eigenvalue weighted by atomic mass is 32.1. The smallest absolute Gasteiger partial charge is 0.144 e. The van der Waals surface area contributed by atoms with Crippen molar-refractivity contribution in [3.05, 3.63) is 35.2 Å². The van der Waals surface area contributed by atoms with E-state index < -0.39 is 0 Å². The summed E-state index contributed by atoms with van der Waals surface area (Å²) in [6.45, 7) is 0.698. The van der Waals surface area contributed by atoms with Crippen molar-refractivity contribution in [1.82, 2.24) is 0 Å². The maximum Gasteiger partial charge on any atom is 0.144 e. The molecule has 0 unspecified atom stereocenters. The molecule has 64 valence electrons. The minimum Gasteiger partial charge on any atom is -0.487 e. The maximum absolute atomic E-state index is 5.62. The van der Waals surface area contributed by atoms with Crippen molar-refractivity contribution in [2.24, 2.45) is 0 Å². The fraction of sp³-hybridized carbons (Fsp3) is 0.0909. The van der Waals surface area contributed by atoms with E-state index in [1.807, 2.05) is 6.08 Å². The third-order valence-electron chi connectivity index (χ3n) is 2.23. The van der Waals surface area contributed by atoms with Crippen molar-refractivity contribution in [2.45, 2.75) is 0 Å². The first kappa shape index (κ1) is 7.15. The SMILES string of the molecule is C1=Cc2ccc3ccsc3c2OC1. The second kappa shape index (κ2) is 2.60. The zero-order valence-corrected chi connectivity index (χ0v) is 7.80. The van der Waals surface area contributed by atoms with E-state index in [1.54, 1.807) is 11.3 Å². The number of rotatable bonds is 0. The molecule has 2 heteroatoms. The van der Waals surface area contributed by atoms with Gasteiger partial charge in [0.1, 0.15) is 12.4 Å². The third kappa shape index (κ3) is 0.988. The highest BCUT2D eigenvalue weighted by Gasteiger charge is 2.10. The molecule has 0 fully saturated rings. The van der Waals surface area contributed by atoms with Gasteiger partial charge in [0.2, 0.25) is 0 Å². The number of hydrogen-bond donors (Lipinski definition) is 0. The summed E-state index contributed by atoms with van der Waals surface area (Å²) in [5, 5.41) is 3.38. The standard InChI is InChI=1S/C11H8OS/c1-2-8-3-4-9-5-7-13-11(9)10(8)12-6-1/h1-5,7H,6H2. The van der Waals surface area contributed by atoms with Crippen molar-refractivity contribution >= 4 is 27.5 Å². The highest BCUT2D eigenvalue weighted by molar-refractivity contribution is 7.17. The molecule has 1 aromatic carbocycles. The molecule has 13 heavy (non-hydrogen) atoms. The van der Waals surface area contributed by atoms with E-state index in [4.69, 9.17) is 4.74 Å². The van der Waals surface area contributed by atoms with Crippen LogP contribution in [-0.2, 0) is 0 Å². The van der Waals surface area contributed by atoms with Gasteiger partial charge in [-0.15, -0.1) is 11.3 Å². The zero-order chi connectivity index (χ0) is 8.67. The van der Waals surface area contributed by atoms with E-state index >= 15 is 0 Å². The van der Waals surface area contributed by atoms with E-state index in [-0.39, 0.29) is 0 Å². The molecule has 0 radical (unpaired) electrons. The van der Waals surface area contributed by atoms with Gasteiger partial charge in [0.15, 0.2) is 0 Å². The Morgan fingerprint density at radius 3 is 3.23 bits per heavy atom. The maximum atomic E-state index is 5.62. The van der Waals surface area contributed by atoms with Gasteiger partial charge >= 0.3 is 0 Å². The average molecular weight is 188 g/mol. The average Bonchev–Trinajstić information content (AvgIpc) is 2.65. The van der Waals surface area contributed by atoms with Gasteiger partial charge in [0, 0.05) is 5.56 Å². The molecule has 0 saturated carbocycles. The summed E-state index contributed by atoms with van der Waals surface area (Å²) in [5.41, 5.74) is 1.20. The Morgan fingerprint density at radius 1 is 1.23 bits per heavy atom. The third-order valence-corrected chi connectivity index (χ3v) is 3.16. The van der Waals surface area contributed by atoms with Crippen LogP contribution in [0.25, 0.3) is 16.2 Å². The molecule has 1 nitrogen and oxygen atoms in total. The van der Waals surface area contributed by atoms with Gasteiger partial charge in [-0.2, -0.15) is 0 Å². The van der Waals surface area contributed by atoms with Crippen molar-refractivity contribution in [1.29, 1.82) is 0 Å². The van der Waals surface area contributed by atoms with Crippen LogP contribution in [0.3, 0.4) is 0 Å². The first-order chi connectivity index (χ1) is 6.45. The van der Waals surface area contributed by atoms with Gasteiger partial charge in [-0.3, -0.25) is 0 Å². The zero-order valence-electron chi connectivity index (χ0n) is 6.99. The lowest BCUT2D eigenvalue weighted by atomic mass is 10.1. The Morgan fingerprint density at radius 2 is 2.23 bits per heavy atom. The second-order valence-electron chi connectivity index (χ2n) is 3.04. The van der Waals surface area contributed by atoms with Crippen LogP contribution in [0.5, 0.6) is 5.75 Å². The molecule has 0 saturated heterocycles. The Kier molecular flexibility index (Phi) is 1.43. The molecule has 1 aromatic heterocycles. The van der Waals surface area contributed by atoms with E-state index in [9.17, 15) is 0 Å². The number of fused-ring (bicyclic) bond motifs is 3.